The summed E-state index contributed by atoms with van der Waals surface area (Å²) in [6.07, 6.45) is -8.40. The minimum absolute atomic E-state index is 0.0783. The number of nitrogens with zero attached hydrogens (tertiary/aromatic N) is 4. The number of anilines is 1. The Labute approximate surface area is 179 Å². The number of imidazole rings is 1. The highest BCUT2D eigenvalue weighted by atomic mass is 31.2. The second kappa shape index (κ2) is 8.85. The Kier molecular flexibility index (Phi) is 6.45. The van der Waals surface area contributed by atoms with E-state index in [-0.39, 0.29) is 17.0 Å². The molecule has 8 atom stereocenters. The zero-order chi connectivity index (χ0) is 23.2. The van der Waals surface area contributed by atoms with E-state index >= 15 is 0 Å². The number of fused-ring (bicyclic) bond motifs is 1. The van der Waals surface area contributed by atoms with Crippen LogP contribution in [0, 0.1) is 0 Å². The van der Waals surface area contributed by atoms with Gasteiger partial charge in [0.25, 0.3) is 0 Å². The maximum absolute atomic E-state index is 11.1. The van der Waals surface area contributed by atoms with Crippen LogP contribution in [0.25, 0.3) is 11.2 Å². The lowest BCUT2D eigenvalue weighted by molar-refractivity contribution is -0.219. The fourth-order valence-corrected chi connectivity index (χ4v) is 3.93. The van der Waals surface area contributed by atoms with Gasteiger partial charge in [0.2, 0.25) is 0 Å². The van der Waals surface area contributed by atoms with Gasteiger partial charge in [-0.25, -0.2) is 19.5 Å². The Hall–Kier alpha value is -1.82. The topological polar surface area (TPSA) is 245 Å². The summed E-state index contributed by atoms with van der Waals surface area (Å²) < 4.78 is 33.6. The van der Waals surface area contributed by atoms with E-state index in [9.17, 15) is 25.0 Å². The normalized spacial score (nSPS) is 35.7. The van der Waals surface area contributed by atoms with Crippen molar-refractivity contribution in [3.05, 3.63) is 12.7 Å². The van der Waals surface area contributed by atoms with E-state index < -0.39 is 70.2 Å². The third-order valence-corrected chi connectivity index (χ3v) is 5.66. The molecule has 0 aliphatic carbocycles. The first kappa shape index (κ1) is 23.3. The van der Waals surface area contributed by atoms with E-state index in [0.717, 1.165) is 0 Å². The van der Waals surface area contributed by atoms with Crippen LogP contribution < -0.4 is 5.73 Å². The lowest BCUT2D eigenvalue weighted by atomic mass is 10.1. The van der Waals surface area contributed by atoms with Crippen molar-refractivity contribution in [2.75, 3.05) is 18.9 Å². The van der Waals surface area contributed by atoms with Crippen molar-refractivity contribution in [3.63, 3.8) is 0 Å². The van der Waals surface area contributed by atoms with Crippen molar-refractivity contribution in [1.29, 1.82) is 0 Å². The molecule has 32 heavy (non-hydrogen) atoms. The van der Waals surface area contributed by atoms with Crippen molar-refractivity contribution in [1.82, 2.24) is 19.5 Å². The predicted molar refractivity (Wildman–Crippen MR) is 100 cm³/mol. The highest BCUT2D eigenvalue weighted by molar-refractivity contribution is 7.46. The van der Waals surface area contributed by atoms with Gasteiger partial charge in [-0.05, 0) is 0 Å². The molecule has 0 bridgehead atoms. The molecule has 2 aromatic heterocycles. The van der Waals surface area contributed by atoms with Gasteiger partial charge in [-0.3, -0.25) is 9.09 Å². The van der Waals surface area contributed by atoms with Crippen LogP contribution in [0.15, 0.2) is 12.7 Å². The summed E-state index contributed by atoms with van der Waals surface area (Å²) in [6, 6.07) is 0. The van der Waals surface area contributed by atoms with Gasteiger partial charge < -0.3 is 50.2 Å². The maximum atomic E-state index is 11.1. The quantitative estimate of drug-likeness (QED) is 0.191. The molecule has 2 aliphatic rings. The molecule has 8 N–H and O–H groups in total. The van der Waals surface area contributed by atoms with Gasteiger partial charge in [0.1, 0.15) is 48.5 Å². The molecule has 178 valence electrons. The van der Waals surface area contributed by atoms with Gasteiger partial charge in [0, 0.05) is 0 Å². The van der Waals surface area contributed by atoms with Crippen molar-refractivity contribution in [2.24, 2.45) is 0 Å². The molecule has 2 fully saturated rings. The number of hydrogen-bond donors (Lipinski definition) is 7. The van der Waals surface area contributed by atoms with Crippen LogP contribution in [-0.2, 0) is 23.3 Å². The zero-order valence-corrected chi connectivity index (χ0v) is 17.1. The van der Waals surface area contributed by atoms with E-state index in [0.29, 0.717) is 0 Å². The maximum Gasteiger partial charge on any atom is 0.469 e. The van der Waals surface area contributed by atoms with Gasteiger partial charge >= 0.3 is 7.82 Å². The van der Waals surface area contributed by atoms with Crippen molar-refractivity contribution < 1.29 is 53.5 Å². The zero-order valence-electron chi connectivity index (χ0n) is 16.2. The van der Waals surface area contributed by atoms with Crippen LogP contribution in [0.5, 0.6) is 0 Å². The Morgan fingerprint density at radius 3 is 2.50 bits per heavy atom. The van der Waals surface area contributed by atoms with Crippen molar-refractivity contribution in [3.8, 4) is 0 Å². The third kappa shape index (κ3) is 4.35. The fraction of sp³-hybridized carbons (Fsp3) is 0.667. The molecule has 0 radical (unpaired) electrons. The van der Waals surface area contributed by atoms with E-state index in [4.69, 9.17) is 29.7 Å². The lowest BCUT2D eigenvalue weighted by Gasteiger charge is -2.26. The number of phosphoric ester groups is 1. The third-order valence-electron chi connectivity index (χ3n) is 5.17. The van der Waals surface area contributed by atoms with Crippen LogP contribution in [0.1, 0.15) is 6.23 Å². The number of phosphoric acid groups is 1. The molecule has 0 spiro atoms. The van der Waals surface area contributed by atoms with Gasteiger partial charge in [-0.15, -0.1) is 0 Å². The van der Waals surface area contributed by atoms with Crippen LogP contribution >= 0.6 is 7.82 Å². The molecular formula is C15H22N5O11P. The first-order chi connectivity index (χ1) is 15.1. The van der Waals surface area contributed by atoms with E-state index in [1.54, 1.807) is 0 Å². The van der Waals surface area contributed by atoms with Crippen LogP contribution in [0.2, 0.25) is 0 Å². The first-order valence-electron chi connectivity index (χ1n) is 9.35. The molecular weight excluding hydrogens is 457 g/mol. The average molecular weight is 479 g/mol. The number of nitrogen functional groups attached to an aromatic ring is 1. The Bertz CT molecular complexity index is 1000. The second-order valence-corrected chi connectivity index (χ2v) is 8.47. The van der Waals surface area contributed by atoms with Gasteiger partial charge in [0.15, 0.2) is 24.0 Å². The highest BCUT2D eigenvalue weighted by Crippen LogP contribution is 2.40. The first-order valence-corrected chi connectivity index (χ1v) is 10.9. The molecule has 0 aromatic carbocycles. The Morgan fingerprint density at radius 1 is 1.09 bits per heavy atom. The standard InChI is InChI=1S/C15H22N5O11P/c16-12-7-13(18-3-17-12)20(4-19-7)14-11(9(23)6(29-14)2-28-32(25,26)27)31-15-10(24)8(22)5(1-21)30-15/h3-6,8-11,14-15,21-24H,1-2H2,(H2,16,17,18)(H2,25,26,27)/t5-,6-,8-,9-,10-,11-,14-,15?/m1/s1. The van der Waals surface area contributed by atoms with Gasteiger partial charge in [-0.1, -0.05) is 0 Å². The Balaban J connectivity index is 1.64. The van der Waals surface area contributed by atoms with E-state index in [2.05, 4.69) is 19.5 Å². The molecule has 2 aromatic rings. The molecule has 2 aliphatic heterocycles. The summed E-state index contributed by atoms with van der Waals surface area (Å²) >= 11 is 0. The number of ether oxygens (including phenoxy) is 3. The van der Waals surface area contributed by atoms with Crippen LogP contribution in [0.4, 0.5) is 5.82 Å². The monoisotopic (exact) mass is 479 g/mol. The number of rotatable bonds is 7. The van der Waals surface area contributed by atoms with Crippen molar-refractivity contribution in [2.45, 2.75) is 49.1 Å². The lowest BCUT2D eigenvalue weighted by Crippen LogP contribution is -2.42. The van der Waals surface area contributed by atoms with Gasteiger partial charge in [0.05, 0.1) is 19.5 Å². The Morgan fingerprint density at radius 2 is 1.84 bits per heavy atom. The summed E-state index contributed by atoms with van der Waals surface area (Å²) in [7, 11) is -4.86. The summed E-state index contributed by atoms with van der Waals surface area (Å²) in [6.45, 7) is -1.28. The minimum Gasteiger partial charge on any atom is -0.394 e. The van der Waals surface area contributed by atoms with Crippen LogP contribution in [0.3, 0.4) is 0 Å². The van der Waals surface area contributed by atoms with Crippen LogP contribution in [-0.4, -0.2) is 106 Å². The summed E-state index contributed by atoms with van der Waals surface area (Å²) in [5.74, 6) is 0.0783. The second-order valence-electron chi connectivity index (χ2n) is 7.23. The SMILES string of the molecule is Nc1ncnc2c1ncn2[C@@H]1O[C@H](COP(=O)(O)O)[C@@H](O)[C@H]1OC1O[C@H](CO)[C@@H](O)[C@H]1O. The number of aliphatic hydroxyl groups excluding tert-OH is 4. The highest BCUT2D eigenvalue weighted by Gasteiger charge is 2.51. The molecule has 0 saturated carbocycles. The summed E-state index contributed by atoms with van der Waals surface area (Å²) in [4.78, 5) is 30.0. The molecule has 4 rings (SSSR count). The molecule has 2 saturated heterocycles. The predicted octanol–water partition coefficient (Wildman–Crippen LogP) is -3.40. The summed E-state index contributed by atoms with van der Waals surface area (Å²) in [5.41, 5.74) is 6.23. The summed E-state index contributed by atoms with van der Waals surface area (Å²) in [5, 5.41) is 40.2. The number of aliphatic hydroxyl groups is 4. The smallest absolute Gasteiger partial charge is 0.394 e. The molecule has 1 unspecified atom stereocenters. The van der Waals surface area contributed by atoms with Crippen molar-refractivity contribution >= 4 is 24.8 Å². The molecule has 17 heteroatoms. The fourth-order valence-electron chi connectivity index (χ4n) is 3.59. The molecule has 4 heterocycles. The van der Waals surface area contributed by atoms with E-state index in [1.165, 1.54) is 17.2 Å². The molecule has 0 amide bonds. The number of hydrogen-bond acceptors (Lipinski definition) is 13. The minimum atomic E-state index is -4.86. The van der Waals surface area contributed by atoms with E-state index in [1.807, 2.05) is 0 Å². The largest absolute Gasteiger partial charge is 0.469 e. The number of aromatic nitrogens is 4. The average Bonchev–Trinajstić information content (AvgIpc) is 3.38. The van der Waals surface area contributed by atoms with Gasteiger partial charge in [-0.2, -0.15) is 0 Å². The molecule has 16 nitrogen and oxygen atoms in total. The number of nitrogens with two attached hydrogens (primary N) is 1.